The molecule has 0 bridgehead atoms. The van der Waals surface area contributed by atoms with Crippen molar-refractivity contribution in [1.82, 2.24) is 10.3 Å². The van der Waals surface area contributed by atoms with Crippen molar-refractivity contribution in [2.75, 3.05) is 17.7 Å². The van der Waals surface area contributed by atoms with Gasteiger partial charge in [0.05, 0.1) is 7.11 Å². The molecule has 34 heavy (non-hydrogen) atoms. The summed E-state index contributed by atoms with van der Waals surface area (Å²) in [6.07, 6.45) is 2.06. The molecule has 5 rings (SSSR count). The molecule has 0 saturated heterocycles. The van der Waals surface area contributed by atoms with E-state index in [2.05, 4.69) is 20.9 Å². The van der Waals surface area contributed by atoms with Gasteiger partial charge in [0.2, 0.25) is 5.91 Å². The highest BCUT2D eigenvalue weighted by Crippen LogP contribution is 2.41. The average molecular weight is 460 g/mol. The Balaban J connectivity index is 1.26. The molecule has 2 atom stereocenters. The fraction of sp³-hybridized carbons (Fsp3) is 0.240. The van der Waals surface area contributed by atoms with Crippen molar-refractivity contribution in [1.29, 1.82) is 0 Å². The number of aromatic nitrogens is 1. The number of pyridine rings is 1. The molecule has 0 spiro atoms. The highest BCUT2D eigenvalue weighted by molar-refractivity contribution is 5.93. The molecule has 0 radical (unpaired) electrons. The van der Waals surface area contributed by atoms with E-state index in [1.54, 1.807) is 43.6 Å². The quantitative estimate of drug-likeness (QED) is 0.520. The number of nitrogens with zero attached hydrogens (tertiary/aromatic N) is 1. The summed E-state index contributed by atoms with van der Waals surface area (Å²) in [6.45, 7) is 1.98. The number of benzene rings is 2. The highest BCUT2D eigenvalue weighted by Gasteiger charge is 2.33. The lowest BCUT2D eigenvalue weighted by molar-refractivity contribution is -0.116. The van der Waals surface area contributed by atoms with Crippen molar-refractivity contribution in [3.63, 3.8) is 0 Å². The first kappa shape index (κ1) is 21.6. The Hall–Kier alpha value is -4.27. The second-order valence-electron chi connectivity index (χ2n) is 8.14. The number of carbonyl (C=O) groups excluding carboxylic acids is 2. The predicted molar refractivity (Wildman–Crippen MR) is 126 cm³/mol. The lowest BCUT2D eigenvalue weighted by Gasteiger charge is -2.19. The van der Waals surface area contributed by atoms with E-state index in [4.69, 9.17) is 14.2 Å². The number of hydrogen-bond donors (Lipinski definition) is 3. The molecule has 2 aromatic carbocycles. The Bertz CT molecular complexity index is 1240. The van der Waals surface area contributed by atoms with Crippen LogP contribution in [0.5, 0.6) is 23.0 Å². The summed E-state index contributed by atoms with van der Waals surface area (Å²) >= 11 is 0. The van der Waals surface area contributed by atoms with E-state index in [0.717, 1.165) is 11.1 Å². The van der Waals surface area contributed by atoms with Gasteiger partial charge in [-0.25, -0.2) is 9.78 Å². The monoisotopic (exact) mass is 460 g/mol. The molecule has 3 amide bonds. The number of ether oxygens (including phenoxy) is 3. The fourth-order valence-corrected chi connectivity index (χ4v) is 4.06. The average Bonchev–Trinajstić information content (AvgIpc) is 3.14. The second-order valence-corrected chi connectivity index (χ2v) is 8.14. The summed E-state index contributed by atoms with van der Waals surface area (Å²) in [5.41, 5.74) is 2.46. The maximum absolute atomic E-state index is 12.5. The number of rotatable bonds is 5. The zero-order valence-electron chi connectivity index (χ0n) is 18.8. The van der Waals surface area contributed by atoms with Crippen molar-refractivity contribution in [3.05, 3.63) is 65.9 Å². The minimum absolute atomic E-state index is 0.0461. The van der Waals surface area contributed by atoms with Crippen LogP contribution in [0.3, 0.4) is 0 Å². The molecule has 9 nitrogen and oxygen atoms in total. The maximum Gasteiger partial charge on any atom is 0.322 e. The Labute approximate surface area is 196 Å². The van der Waals surface area contributed by atoms with Gasteiger partial charge in [-0.15, -0.1) is 0 Å². The van der Waals surface area contributed by atoms with Gasteiger partial charge in [-0.3, -0.25) is 4.79 Å². The first-order valence-electron chi connectivity index (χ1n) is 11.0. The van der Waals surface area contributed by atoms with Crippen LogP contribution in [-0.2, 0) is 11.2 Å². The fourth-order valence-electron chi connectivity index (χ4n) is 4.06. The first-order chi connectivity index (χ1) is 16.5. The van der Waals surface area contributed by atoms with Gasteiger partial charge < -0.3 is 30.2 Å². The summed E-state index contributed by atoms with van der Waals surface area (Å²) < 4.78 is 17.2. The van der Waals surface area contributed by atoms with Crippen LogP contribution in [0.25, 0.3) is 0 Å². The van der Waals surface area contributed by atoms with E-state index in [-0.39, 0.29) is 17.9 Å². The summed E-state index contributed by atoms with van der Waals surface area (Å²) in [4.78, 5) is 28.4. The summed E-state index contributed by atoms with van der Waals surface area (Å²) in [6, 6.07) is 14.1. The highest BCUT2D eigenvalue weighted by atomic mass is 16.5. The third-order valence-corrected chi connectivity index (χ3v) is 5.90. The van der Waals surface area contributed by atoms with E-state index >= 15 is 0 Å². The number of urea groups is 1. The SMILES string of the molecule is COc1ccc(NC(=O)N[C@@H]2Oc3ccc(Oc4ccnc5c4CCC(=O)N5)cc3[C@@H]2C)cc1. The van der Waals surface area contributed by atoms with E-state index in [1.165, 1.54) is 0 Å². The Morgan fingerprint density at radius 3 is 2.71 bits per heavy atom. The zero-order valence-corrected chi connectivity index (χ0v) is 18.8. The molecule has 0 fully saturated rings. The molecule has 1 aromatic heterocycles. The molecule has 2 aliphatic heterocycles. The Morgan fingerprint density at radius 1 is 1.12 bits per heavy atom. The number of carbonyl (C=O) groups is 2. The number of fused-ring (bicyclic) bond motifs is 2. The molecule has 0 saturated carbocycles. The number of amides is 3. The molecule has 3 heterocycles. The maximum atomic E-state index is 12.5. The van der Waals surface area contributed by atoms with Crippen molar-refractivity contribution < 1.29 is 23.8 Å². The number of anilines is 2. The van der Waals surface area contributed by atoms with Gasteiger partial charge in [0.1, 0.15) is 28.8 Å². The molecule has 3 N–H and O–H groups in total. The van der Waals surface area contributed by atoms with Gasteiger partial charge in [-0.2, -0.15) is 0 Å². The lowest BCUT2D eigenvalue weighted by Crippen LogP contribution is -2.42. The van der Waals surface area contributed by atoms with Gasteiger partial charge in [0.25, 0.3) is 0 Å². The molecule has 0 aliphatic carbocycles. The number of nitrogens with one attached hydrogen (secondary N) is 3. The predicted octanol–water partition coefficient (Wildman–Crippen LogP) is 4.41. The van der Waals surface area contributed by atoms with Crippen LogP contribution in [0.1, 0.15) is 30.4 Å². The van der Waals surface area contributed by atoms with Crippen LogP contribution >= 0.6 is 0 Å². The van der Waals surface area contributed by atoms with E-state index in [9.17, 15) is 9.59 Å². The van der Waals surface area contributed by atoms with Crippen LogP contribution in [0.15, 0.2) is 54.7 Å². The third-order valence-electron chi connectivity index (χ3n) is 5.90. The number of hydrogen-bond acceptors (Lipinski definition) is 6. The molecular weight excluding hydrogens is 436 g/mol. The van der Waals surface area contributed by atoms with E-state index in [0.29, 0.717) is 47.3 Å². The summed E-state index contributed by atoms with van der Waals surface area (Å²) in [7, 11) is 1.59. The summed E-state index contributed by atoms with van der Waals surface area (Å²) in [5, 5.41) is 8.45. The van der Waals surface area contributed by atoms with Crippen molar-refractivity contribution >= 4 is 23.4 Å². The molecule has 9 heteroatoms. The van der Waals surface area contributed by atoms with Crippen LogP contribution in [0, 0.1) is 0 Å². The van der Waals surface area contributed by atoms with Crippen molar-refractivity contribution in [2.45, 2.75) is 31.9 Å². The van der Waals surface area contributed by atoms with Gasteiger partial charge in [-0.05, 0) is 55.0 Å². The van der Waals surface area contributed by atoms with Gasteiger partial charge in [0.15, 0.2) is 6.23 Å². The minimum Gasteiger partial charge on any atom is -0.497 e. The third kappa shape index (κ3) is 4.32. The Kier molecular flexibility index (Phi) is 5.67. The van der Waals surface area contributed by atoms with Gasteiger partial charge in [0, 0.05) is 35.3 Å². The molecule has 0 unspecified atom stereocenters. The van der Waals surface area contributed by atoms with Crippen molar-refractivity contribution in [3.8, 4) is 23.0 Å². The first-order valence-corrected chi connectivity index (χ1v) is 11.0. The lowest BCUT2D eigenvalue weighted by atomic mass is 10.0. The van der Waals surface area contributed by atoms with Crippen LogP contribution in [0.2, 0.25) is 0 Å². The summed E-state index contributed by atoms with van der Waals surface area (Å²) in [5.74, 6) is 3.11. The van der Waals surface area contributed by atoms with E-state index < -0.39 is 6.23 Å². The Morgan fingerprint density at radius 2 is 1.91 bits per heavy atom. The van der Waals surface area contributed by atoms with E-state index in [1.807, 2.05) is 25.1 Å². The smallest absolute Gasteiger partial charge is 0.322 e. The minimum atomic E-state index is -0.521. The topological polar surface area (TPSA) is 111 Å². The molecule has 2 aliphatic rings. The molecule has 174 valence electrons. The van der Waals surface area contributed by atoms with Crippen molar-refractivity contribution in [2.24, 2.45) is 0 Å². The van der Waals surface area contributed by atoms with Crippen LogP contribution in [0.4, 0.5) is 16.3 Å². The normalized spacial score (nSPS) is 18.1. The number of methoxy groups -OCH3 is 1. The van der Waals surface area contributed by atoms with Crippen LogP contribution < -0.4 is 30.2 Å². The standard InChI is InChI=1S/C25H24N4O5/c1-14-19-13-17(33-21-11-12-26-23-18(21)8-10-22(30)28-23)7-9-20(19)34-24(14)29-25(31)27-15-3-5-16(32-2)6-4-15/h3-7,9,11-14,24H,8,10H2,1-2H3,(H,26,28,30)(H2,27,29,31)/t14-,24+/m0/s1. The molecular formula is C25H24N4O5. The molecule has 3 aromatic rings. The van der Waals surface area contributed by atoms with Gasteiger partial charge >= 0.3 is 6.03 Å². The largest absolute Gasteiger partial charge is 0.497 e. The van der Waals surface area contributed by atoms with Gasteiger partial charge in [-0.1, -0.05) is 6.92 Å². The zero-order chi connectivity index (χ0) is 23.7. The van der Waals surface area contributed by atoms with Crippen LogP contribution in [-0.4, -0.2) is 30.3 Å². The second kappa shape index (κ2) is 8.93.